The first kappa shape index (κ1) is 13.8. The predicted molar refractivity (Wildman–Crippen MR) is 74.8 cm³/mol. The largest absolute Gasteiger partial charge is 0.302 e. The summed E-state index contributed by atoms with van der Waals surface area (Å²) >= 11 is 6.33. The van der Waals surface area contributed by atoms with E-state index in [-0.39, 0.29) is 0 Å². The van der Waals surface area contributed by atoms with Crippen molar-refractivity contribution >= 4 is 11.6 Å². The van der Waals surface area contributed by atoms with Crippen molar-refractivity contribution < 1.29 is 0 Å². The van der Waals surface area contributed by atoms with Crippen LogP contribution in [0.5, 0.6) is 0 Å². The fourth-order valence-corrected chi connectivity index (χ4v) is 2.85. The van der Waals surface area contributed by atoms with E-state index in [9.17, 15) is 0 Å². The van der Waals surface area contributed by atoms with Crippen molar-refractivity contribution in [2.75, 3.05) is 14.1 Å². The number of halogens is 1. The van der Waals surface area contributed by atoms with Crippen LogP contribution in [0.4, 0.5) is 0 Å². The van der Waals surface area contributed by atoms with Crippen molar-refractivity contribution in [3.05, 3.63) is 22.2 Å². The van der Waals surface area contributed by atoms with E-state index >= 15 is 0 Å². The van der Waals surface area contributed by atoms with Gasteiger partial charge in [-0.2, -0.15) is 0 Å². The summed E-state index contributed by atoms with van der Waals surface area (Å²) in [4.78, 5) is 11.2. The van der Waals surface area contributed by atoms with E-state index in [4.69, 9.17) is 11.6 Å². The maximum atomic E-state index is 6.33. The summed E-state index contributed by atoms with van der Waals surface area (Å²) in [5.41, 5.74) is 2.35. The second-order valence-electron chi connectivity index (χ2n) is 5.84. The quantitative estimate of drug-likeness (QED) is 0.789. The molecule has 1 aliphatic rings. The van der Waals surface area contributed by atoms with Crippen LogP contribution in [0.25, 0.3) is 0 Å². The van der Waals surface area contributed by atoms with Crippen molar-refractivity contribution in [2.45, 2.75) is 39.7 Å². The van der Waals surface area contributed by atoms with Crippen LogP contribution in [0.2, 0.25) is 5.15 Å². The molecular formula is C14H22ClN3. The van der Waals surface area contributed by atoms with E-state index in [0.29, 0.717) is 11.1 Å². The molecule has 100 valence electrons. The number of aryl methyl sites for hydroxylation is 1. The lowest BCUT2D eigenvalue weighted by atomic mass is 9.80. The topological polar surface area (TPSA) is 29.0 Å². The van der Waals surface area contributed by atoms with Crippen LogP contribution in [-0.2, 0) is 19.4 Å². The lowest BCUT2D eigenvalue weighted by molar-refractivity contribution is 0.337. The molecule has 0 amide bonds. The highest BCUT2D eigenvalue weighted by Gasteiger charge is 2.25. The van der Waals surface area contributed by atoms with Crippen molar-refractivity contribution in [3.8, 4) is 0 Å². The molecule has 1 aromatic heterocycles. The summed E-state index contributed by atoms with van der Waals surface area (Å²) < 4.78 is 0. The van der Waals surface area contributed by atoms with Crippen LogP contribution in [0.15, 0.2) is 0 Å². The summed E-state index contributed by atoms with van der Waals surface area (Å²) in [7, 11) is 4.04. The summed E-state index contributed by atoms with van der Waals surface area (Å²) in [6.45, 7) is 5.32. The highest BCUT2D eigenvalue weighted by Crippen LogP contribution is 2.32. The molecule has 0 aromatic carbocycles. The second kappa shape index (κ2) is 5.54. The fraction of sp³-hybridized carbons (Fsp3) is 0.714. The third-order valence-corrected chi connectivity index (χ3v) is 4.02. The molecule has 1 heterocycles. The van der Waals surface area contributed by atoms with E-state index in [1.807, 2.05) is 14.1 Å². The summed E-state index contributed by atoms with van der Waals surface area (Å²) in [5.74, 6) is 2.26. The molecule has 0 radical (unpaired) electrons. The minimum atomic E-state index is 0.669. The Morgan fingerprint density at radius 3 is 2.67 bits per heavy atom. The first-order chi connectivity index (χ1) is 8.47. The molecule has 1 aromatic rings. The van der Waals surface area contributed by atoms with Crippen LogP contribution >= 0.6 is 11.6 Å². The van der Waals surface area contributed by atoms with Gasteiger partial charge in [0.25, 0.3) is 0 Å². The number of hydrogen-bond acceptors (Lipinski definition) is 3. The Kier molecular flexibility index (Phi) is 4.23. The molecule has 2 rings (SSSR count). The first-order valence-electron chi connectivity index (χ1n) is 6.66. The van der Waals surface area contributed by atoms with E-state index in [1.54, 1.807) is 0 Å². The van der Waals surface area contributed by atoms with Gasteiger partial charge in [-0.05, 0) is 45.2 Å². The Bertz CT molecular complexity index is 429. The second-order valence-corrected chi connectivity index (χ2v) is 6.20. The van der Waals surface area contributed by atoms with Gasteiger partial charge in [0.1, 0.15) is 11.0 Å². The molecule has 0 N–H and O–H groups in total. The molecule has 3 nitrogen and oxygen atoms in total. The van der Waals surface area contributed by atoms with Crippen molar-refractivity contribution in [2.24, 2.45) is 11.8 Å². The van der Waals surface area contributed by atoms with Crippen LogP contribution in [-0.4, -0.2) is 29.0 Å². The van der Waals surface area contributed by atoms with E-state index < -0.39 is 0 Å². The van der Waals surface area contributed by atoms with Crippen molar-refractivity contribution in [3.63, 3.8) is 0 Å². The van der Waals surface area contributed by atoms with Gasteiger partial charge >= 0.3 is 0 Å². The average molecular weight is 268 g/mol. The zero-order valence-corrected chi connectivity index (χ0v) is 12.5. The molecular weight excluding hydrogens is 246 g/mol. The molecule has 0 fully saturated rings. The van der Waals surface area contributed by atoms with Gasteiger partial charge in [-0.1, -0.05) is 25.4 Å². The van der Waals surface area contributed by atoms with Gasteiger partial charge in [0.15, 0.2) is 0 Å². The Labute approximate surface area is 115 Å². The lowest BCUT2D eigenvalue weighted by Crippen LogP contribution is -2.22. The molecule has 1 atom stereocenters. The average Bonchev–Trinajstić information content (AvgIpc) is 2.27. The first-order valence-corrected chi connectivity index (χ1v) is 7.04. The van der Waals surface area contributed by atoms with Gasteiger partial charge in [0.05, 0.1) is 6.54 Å². The number of rotatable bonds is 3. The number of aromatic nitrogens is 2. The fourth-order valence-electron chi connectivity index (χ4n) is 2.57. The minimum Gasteiger partial charge on any atom is -0.302 e. The van der Waals surface area contributed by atoms with Crippen LogP contribution < -0.4 is 0 Å². The van der Waals surface area contributed by atoms with Crippen molar-refractivity contribution in [1.82, 2.24) is 14.9 Å². The Hall–Kier alpha value is -0.670. The van der Waals surface area contributed by atoms with E-state index in [2.05, 4.69) is 28.7 Å². The molecule has 0 spiro atoms. The molecule has 0 bridgehead atoms. The minimum absolute atomic E-state index is 0.669. The maximum Gasteiger partial charge on any atom is 0.144 e. The highest BCUT2D eigenvalue weighted by atomic mass is 35.5. The number of hydrogen-bond donors (Lipinski definition) is 0. The van der Waals surface area contributed by atoms with Gasteiger partial charge in [-0.3, -0.25) is 0 Å². The zero-order chi connectivity index (χ0) is 13.3. The van der Waals surface area contributed by atoms with Crippen LogP contribution in [0.1, 0.15) is 37.4 Å². The summed E-state index contributed by atoms with van der Waals surface area (Å²) in [6, 6.07) is 0. The van der Waals surface area contributed by atoms with Crippen molar-refractivity contribution in [1.29, 1.82) is 0 Å². The van der Waals surface area contributed by atoms with E-state index in [1.165, 1.54) is 17.7 Å². The monoisotopic (exact) mass is 267 g/mol. The molecule has 4 heteroatoms. The molecule has 0 aliphatic heterocycles. The molecule has 1 unspecified atom stereocenters. The SMILES string of the molecule is CC(C)C1CCc2nc(CN(C)C)nc(Cl)c2C1. The number of fused-ring (bicyclic) bond motifs is 1. The number of nitrogens with zero attached hydrogens (tertiary/aromatic N) is 3. The molecule has 0 saturated heterocycles. The highest BCUT2D eigenvalue weighted by molar-refractivity contribution is 6.30. The zero-order valence-electron chi connectivity index (χ0n) is 11.7. The van der Waals surface area contributed by atoms with Gasteiger partial charge in [-0.25, -0.2) is 9.97 Å². The lowest BCUT2D eigenvalue weighted by Gasteiger charge is -2.27. The standard InChI is InChI=1S/C14H22ClN3/c1-9(2)10-5-6-12-11(7-10)14(15)17-13(16-12)8-18(3)4/h9-10H,5-8H2,1-4H3. The predicted octanol–water partition coefficient (Wildman–Crippen LogP) is 2.95. The summed E-state index contributed by atoms with van der Waals surface area (Å²) in [5, 5.41) is 0.669. The third kappa shape index (κ3) is 3.01. The Morgan fingerprint density at radius 2 is 2.06 bits per heavy atom. The third-order valence-electron chi connectivity index (χ3n) is 3.71. The Morgan fingerprint density at radius 1 is 1.33 bits per heavy atom. The molecule has 0 saturated carbocycles. The van der Waals surface area contributed by atoms with Gasteiger partial charge < -0.3 is 4.90 Å². The van der Waals surface area contributed by atoms with Crippen LogP contribution in [0.3, 0.4) is 0 Å². The summed E-state index contributed by atoms with van der Waals surface area (Å²) in [6.07, 6.45) is 3.30. The Balaban J connectivity index is 2.25. The van der Waals surface area contributed by atoms with Crippen LogP contribution in [0, 0.1) is 11.8 Å². The maximum absolute atomic E-state index is 6.33. The van der Waals surface area contributed by atoms with Gasteiger partial charge in [-0.15, -0.1) is 0 Å². The van der Waals surface area contributed by atoms with Gasteiger partial charge in [0, 0.05) is 11.3 Å². The smallest absolute Gasteiger partial charge is 0.144 e. The molecule has 1 aliphatic carbocycles. The molecule has 18 heavy (non-hydrogen) atoms. The van der Waals surface area contributed by atoms with Gasteiger partial charge in [0.2, 0.25) is 0 Å². The van der Waals surface area contributed by atoms with E-state index in [0.717, 1.165) is 31.1 Å². The normalized spacial score (nSPS) is 19.4.